The number of amides is 2. The summed E-state index contributed by atoms with van der Waals surface area (Å²) in [5.41, 5.74) is 5.64. The van der Waals surface area contributed by atoms with Gasteiger partial charge in [-0.25, -0.2) is 4.79 Å². The maximum Gasteiger partial charge on any atom is 0.319 e. The number of carbonyl (C=O) groups is 1. The molecule has 0 saturated carbocycles. The lowest BCUT2D eigenvalue weighted by atomic mass is 10.0. The van der Waals surface area contributed by atoms with Gasteiger partial charge in [0.15, 0.2) is 0 Å². The minimum atomic E-state index is -0.282. The first-order valence-corrected chi connectivity index (χ1v) is 13.5. The van der Waals surface area contributed by atoms with Gasteiger partial charge in [-0.05, 0) is 47.5 Å². The van der Waals surface area contributed by atoms with E-state index in [4.69, 9.17) is 34.8 Å². The number of urea groups is 1. The van der Waals surface area contributed by atoms with Crippen molar-refractivity contribution >= 4 is 57.9 Å². The van der Waals surface area contributed by atoms with E-state index < -0.39 is 0 Å². The van der Waals surface area contributed by atoms with Crippen LogP contribution in [-0.2, 0) is 6.54 Å². The summed E-state index contributed by atoms with van der Waals surface area (Å²) in [6, 6.07) is 32.6. The van der Waals surface area contributed by atoms with Gasteiger partial charge in [-0.3, -0.25) is 0 Å². The Labute approximate surface area is 234 Å². The number of para-hydroxylation sites is 1. The van der Waals surface area contributed by atoms with Crippen molar-refractivity contribution in [3.05, 3.63) is 123 Å². The van der Waals surface area contributed by atoms with Crippen LogP contribution in [0.1, 0.15) is 4.88 Å². The van der Waals surface area contributed by atoms with Gasteiger partial charge in [-0.15, -0.1) is 11.3 Å². The first kappa shape index (κ1) is 25.4. The van der Waals surface area contributed by atoms with Gasteiger partial charge < -0.3 is 10.6 Å². The molecule has 0 radical (unpaired) electrons. The molecule has 0 spiro atoms. The highest BCUT2D eigenvalue weighted by Gasteiger charge is 2.17. The number of hydrogen-bond acceptors (Lipinski definition) is 2. The lowest BCUT2D eigenvalue weighted by Crippen LogP contribution is -2.28. The molecule has 0 atom stereocenters. The molecular weight excluding hydrogens is 543 g/mol. The van der Waals surface area contributed by atoms with Crippen LogP contribution in [-0.4, -0.2) is 6.03 Å². The van der Waals surface area contributed by atoms with Gasteiger partial charge in [0, 0.05) is 36.5 Å². The fourth-order valence-electron chi connectivity index (χ4n) is 4.04. The molecule has 0 bridgehead atoms. The summed E-state index contributed by atoms with van der Waals surface area (Å²) in [5, 5.41) is 7.79. The number of thiophene rings is 1. The second-order valence-electron chi connectivity index (χ2n) is 8.31. The monoisotopic (exact) mass is 562 g/mol. The standard InChI is InChI=1S/C30H21Cl3N2OS/c31-21-12-10-20(11-13-21)26-17-23(37-29(26)25-15-14-22(32)16-27(25)33)18-34-30(36)35-28-9-5-4-8-24(28)19-6-2-1-3-7-19/h1-17H,18H2,(H2,34,35,36). The third-order valence-electron chi connectivity index (χ3n) is 5.80. The van der Waals surface area contributed by atoms with Gasteiger partial charge in [0.2, 0.25) is 0 Å². The van der Waals surface area contributed by atoms with Crippen LogP contribution in [0.25, 0.3) is 32.7 Å². The molecule has 7 heteroatoms. The molecule has 4 aromatic carbocycles. The van der Waals surface area contributed by atoms with Crippen LogP contribution < -0.4 is 10.6 Å². The molecule has 37 heavy (non-hydrogen) atoms. The van der Waals surface area contributed by atoms with Crippen LogP contribution in [0.15, 0.2) is 103 Å². The van der Waals surface area contributed by atoms with E-state index in [1.165, 1.54) is 0 Å². The molecule has 0 saturated heterocycles. The summed E-state index contributed by atoms with van der Waals surface area (Å²) < 4.78 is 0. The molecule has 2 N–H and O–H groups in total. The normalized spacial score (nSPS) is 10.8. The van der Waals surface area contributed by atoms with E-state index >= 15 is 0 Å². The predicted molar refractivity (Wildman–Crippen MR) is 158 cm³/mol. The zero-order valence-electron chi connectivity index (χ0n) is 19.5. The number of benzene rings is 4. The summed E-state index contributed by atoms with van der Waals surface area (Å²) in [7, 11) is 0. The third kappa shape index (κ3) is 6.00. The highest BCUT2D eigenvalue weighted by Crippen LogP contribution is 2.43. The van der Waals surface area contributed by atoms with E-state index in [0.29, 0.717) is 21.6 Å². The van der Waals surface area contributed by atoms with Crippen molar-refractivity contribution in [1.82, 2.24) is 5.32 Å². The minimum absolute atomic E-state index is 0.282. The highest BCUT2D eigenvalue weighted by atomic mass is 35.5. The lowest BCUT2D eigenvalue weighted by molar-refractivity contribution is 0.252. The van der Waals surface area contributed by atoms with Crippen LogP contribution in [0, 0.1) is 0 Å². The number of hydrogen-bond donors (Lipinski definition) is 2. The van der Waals surface area contributed by atoms with Crippen LogP contribution in [0.3, 0.4) is 0 Å². The number of anilines is 1. The Morgan fingerprint density at radius 3 is 2.11 bits per heavy atom. The Morgan fingerprint density at radius 1 is 0.676 bits per heavy atom. The summed E-state index contributed by atoms with van der Waals surface area (Å²) >= 11 is 20.4. The molecule has 5 aromatic rings. The van der Waals surface area contributed by atoms with Crippen molar-refractivity contribution < 1.29 is 4.79 Å². The largest absolute Gasteiger partial charge is 0.333 e. The second-order valence-corrected chi connectivity index (χ2v) is 10.7. The van der Waals surface area contributed by atoms with Crippen LogP contribution >= 0.6 is 46.1 Å². The Hall–Kier alpha value is -3.28. The molecular formula is C30H21Cl3N2OS. The van der Waals surface area contributed by atoms with Crippen molar-refractivity contribution in [2.45, 2.75) is 6.54 Å². The van der Waals surface area contributed by atoms with Gasteiger partial charge >= 0.3 is 6.03 Å². The molecule has 3 nitrogen and oxygen atoms in total. The Balaban J connectivity index is 1.38. The van der Waals surface area contributed by atoms with Crippen molar-refractivity contribution in [3.63, 3.8) is 0 Å². The molecule has 5 rings (SSSR count). The van der Waals surface area contributed by atoms with E-state index in [2.05, 4.69) is 16.7 Å². The fourth-order valence-corrected chi connectivity index (χ4v) is 5.89. The number of nitrogens with one attached hydrogen (secondary N) is 2. The van der Waals surface area contributed by atoms with Gasteiger partial charge in [0.05, 0.1) is 17.3 Å². The maximum absolute atomic E-state index is 12.9. The van der Waals surface area contributed by atoms with Gasteiger partial charge in [-0.2, -0.15) is 0 Å². The molecule has 0 aliphatic heterocycles. The van der Waals surface area contributed by atoms with Gasteiger partial charge in [0.1, 0.15) is 0 Å². The van der Waals surface area contributed by atoms with Crippen LogP contribution in [0.4, 0.5) is 10.5 Å². The van der Waals surface area contributed by atoms with Crippen LogP contribution in [0.2, 0.25) is 15.1 Å². The quantitative estimate of drug-likeness (QED) is 0.212. The molecule has 0 aliphatic rings. The second kappa shape index (κ2) is 11.4. The fraction of sp³-hybridized carbons (Fsp3) is 0.0333. The average molecular weight is 564 g/mol. The first-order valence-electron chi connectivity index (χ1n) is 11.5. The number of halogens is 3. The Kier molecular flexibility index (Phi) is 7.82. The van der Waals surface area contributed by atoms with Gasteiger partial charge in [0.25, 0.3) is 0 Å². The first-order chi connectivity index (χ1) is 18.0. The number of rotatable bonds is 6. The zero-order chi connectivity index (χ0) is 25.8. The van der Waals surface area contributed by atoms with E-state index in [0.717, 1.165) is 43.3 Å². The highest BCUT2D eigenvalue weighted by molar-refractivity contribution is 7.16. The van der Waals surface area contributed by atoms with E-state index in [1.807, 2.05) is 91.0 Å². The minimum Gasteiger partial charge on any atom is -0.333 e. The smallest absolute Gasteiger partial charge is 0.319 e. The Bertz CT molecular complexity index is 1550. The third-order valence-corrected chi connectivity index (χ3v) is 7.77. The maximum atomic E-state index is 12.9. The van der Waals surface area contributed by atoms with Crippen molar-refractivity contribution in [3.8, 4) is 32.7 Å². The van der Waals surface area contributed by atoms with Crippen molar-refractivity contribution in [2.75, 3.05) is 5.32 Å². The molecule has 2 amide bonds. The van der Waals surface area contributed by atoms with E-state index in [1.54, 1.807) is 17.4 Å². The molecule has 1 heterocycles. The van der Waals surface area contributed by atoms with Crippen molar-refractivity contribution in [2.24, 2.45) is 0 Å². The molecule has 0 aliphatic carbocycles. The van der Waals surface area contributed by atoms with Gasteiger partial charge in [-0.1, -0.05) is 102 Å². The molecule has 1 aromatic heterocycles. The topological polar surface area (TPSA) is 41.1 Å². The van der Waals surface area contributed by atoms with Crippen molar-refractivity contribution in [1.29, 1.82) is 0 Å². The number of carbonyl (C=O) groups excluding carboxylic acids is 1. The lowest BCUT2D eigenvalue weighted by Gasteiger charge is -2.12. The summed E-state index contributed by atoms with van der Waals surface area (Å²) in [6.45, 7) is 0.357. The SMILES string of the molecule is O=C(NCc1cc(-c2ccc(Cl)cc2)c(-c2ccc(Cl)cc2Cl)s1)Nc1ccccc1-c1ccccc1. The van der Waals surface area contributed by atoms with E-state index in [-0.39, 0.29) is 6.03 Å². The molecule has 184 valence electrons. The van der Waals surface area contributed by atoms with Crippen LogP contribution in [0.5, 0.6) is 0 Å². The molecule has 0 unspecified atom stereocenters. The summed E-state index contributed by atoms with van der Waals surface area (Å²) in [4.78, 5) is 14.8. The average Bonchev–Trinajstić information content (AvgIpc) is 3.33. The zero-order valence-corrected chi connectivity index (χ0v) is 22.6. The Morgan fingerprint density at radius 2 is 1.35 bits per heavy atom. The summed E-state index contributed by atoms with van der Waals surface area (Å²) in [6.07, 6.45) is 0. The van der Waals surface area contributed by atoms with E-state index in [9.17, 15) is 4.79 Å². The summed E-state index contributed by atoms with van der Waals surface area (Å²) in [5.74, 6) is 0. The predicted octanol–water partition coefficient (Wildman–Crippen LogP) is 10.0. The molecule has 0 fully saturated rings.